The van der Waals surface area contributed by atoms with Gasteiger partial charge in [-0.05, 0) is 58.4 Å². The largest absolute Gasteiger partial charge is 0.368 e. The van der Waals surface area contributed by atoms with Crippen molar-refractivity contribution >= 4 is 46.1 Å². The summed E-state index contributed by atoms with van der Waals surface area (Å²) in [5, 5.41) is 23.4. The zero-order valence-electron chi connectivity index (χ0n) is 18.6. The van der Waals surface area contributed by atoms with E-state index in [0.717, 1.165) is 50.9 Å². The van der Waals surface area contributed by atoms with Crippen molar-refractivity contribution in [2.45, 2.75) is 64.5 Å². The predicted octanol–water partition coefficient (Wildman–Crippen LogP) is 3.91. The number of nitro benzene ring substituents is 1. The number of rotatable bonds is 5. The van der Waals surface area contributed by atoms with E-state index in [1.807, 2.05) is 6.07 Å². The van der Waals surface area contributed by atoms with Crippen LogP contribution in [0.25, 0.3) is 0 Å². The average molecular weight is 459 g/mol. The Hall–Kier alpha value is -2.62. The highest BCUT2D eigenvalue weighted by atomic mass is 32.2. The fraction of sp³-hybridized carbons (Fsp3) is 0.591. The van der Waals surface area contributed by atoms with Gasteiger partial charge in [0.25, 0.3) is 5.69 Å². The highest BCUT2D eigenvalue weighted by Gasteiger charge is 2.30. The summed E-state index contributed by atoms with van der Waals surface area (Å²) in [5.74, 6) is 0.237. The van der Waals surface area contributed by atoms with Crippen LogP contribution in [0.15, 0.2) is 22.3 Å². The molecule has 0 saturated carbocycles. The van der Waals surface area contributed by atoms with Crippen molar-refractivity contribution in [1.29, 1.82) is 0 Å². The Morgan fingerprint density at radius 2 is 1.75 bits per heavy atom. The van der Waals surface area contributed by atoms with E-state index in [9.17, 15) is 14.9 Å². The molecule has 3 fully saturated rings. The molecule has 1 N–H and O–H groups in total. The number of nitrogens with one attached hydrogen (secondary N) is 1. The first-order chi connectivity index (χ1) is 15.4. The molecule has 0 aliphatic carbocycles. The van der Waals surface area contributed by atoms with Crippen LogP contribution in [0, 0.1) is 10.1 Å². The van der Waals surface area contributed by atoms with Gasteiger partial charge in [0.1, 0.15) is 5.69 Å². The molecule has 32 heavy (non-hydrogen) atoms. The van der Waals surface area contributed by atoms with E-state index in [2.05, 4.69) is 39.2 Å². The molecule has 0 aromatic heterocycles. The zero-order chi connectivity index (χ0) is 22.7. The smallest absolute Gasteiger partial charge is 0.293 e. The van der Waals surface area contributed by atoms with Gasteiger partial charge in [-0.3, -0.25) is 14.9 Å². The predicted molar refractivity (Wildman–Crippen MR) is 130 cm³/mol. The Morgan fingerprint density at radius 3 is 2.31 bits per heavy atom. The maximum absolute atomic E-state index is 12.0. The second-order valence-corrected chi connectivity index (χ2v) is 9.68. The topological polar surface area (TPSA) is 103 Å². The first-order valence-corrected chi connectivity index (χ1v) is 12.3. The van der Waals surface area contributed by atoms with Crippen LogP contribution in [0.2, 0.25) is 0 Å². The van der Waals surface area contributed by atoms with Gasteiger partial charge < -0.3 is 15.1 Å². The van der Waals surface area contributed by atoms with Crippen molar-refractivity contribution < 1.29 is 9.72 Å². The summed E-state index contributed by atoms with van der Waals surface area (Å²) in [5.41, 5.74) is 2.43. The van der Waals surface area contributed by atoms with Crippen LogP contribution in [0.3, 0.4) is 0 Å². The van der Waals surface area contributed by atoms with Crippen molar-refractivity contribution in [3.8, 4) is 0 Å². The van der Waals surface area contributed by atoms with E-state index >= 15 is 0 Å². The van der Waals surface area contributed by atoms with Crippen LogP contribution in [-0.4, -0.2) is 53.1 Å². The molecule has 4 rings (SSSR count). The van der Waals surface area contributed by atoms with Gasteiger partial charge in [-0.15, -0.1) is 5.10 Å². The summed E-state index contributed by atoms with van der Waals surface area (Å²) in [6.07, 6.45) is 8.19. The number of nitrogens with zero attached hydrogens (tertiary/aromatic N) is 5. The number of hydrogen-bond donors (Lipinski definition) is 1. The van der Waals surface area contributed by atoms with Crippen molar-refractivity contribution in [3.05, 3.63) is 27.8 Å². The summed E-state index contributed by atoms with van der Waals surface area (Å²) in [7, 11) is 0. The molecule has 1 aromatic carbocycles. The molecule has 0 radical (unpaired) electrons. The Labute approximate surface area is 192 Å². The second kappa shape index (κ2) is 9.89. The van der Waals surface area contributed by atoms with Gasteiger partial charge in [-0.2, -0.15) is 5.10 Å². The first-order valence-electron chi connectivity index (χ1n) is 11.3. The lowest BCUT2D eigenvalue weighted by atomic mass is 9.98. The Morgan fingerprint density at radius 1 is 1.09 bits per heavy atom. The van der Waals surface area contributed by atoms with Crippen LogP contribution in [0.4, 0.5) is 17.1 Å². The molecular formula is C22H30N6O3S. The maximum Gasteiger partial charge on any atom is 0.293 e. The van der Waals surface area contributed by atoms with Gasteiger partial charge in [-0.1, -0.05) is 11.8 Å². The fourth-order valence-electron chi connectivity index (χ4n) is 4.75. The second-order valence-electron chi connectivity index (χ2n) is 8.72. The van der Waals surface area contributed by atoms with Crippen molar-refractivity contribution in [2.75, 3.05) is 28.6 Å². The van der Waals surface area contributed by atoms with Crippen molar-refractivity contribution in [2.24, 2.45) is 10.2 Å². The van der Waals surface area contributed by atoms with Gasteiger partial charge in [0.05, 0.1) is 16.9 Å². The molecule has 3 aliphatic rings. The summed E-state index contributed by atoms with van der Waals surface area (Å²) in [6, 6.07) is 4.24. The number of thioether (sulfide) groups is 1. The van der Waals surface area contributed by atoms with Crippen LogP contribution in [-0.2, 0) is 4.79 Å². The lowest BCUT2D eigenvalue weighted by Crippen LogP contribution is -2.40. The quantitative estimate of drug-likeness (QED) is 0.408. The van der Waals surface area contributed by atoms with Gasteiger partial charge in [0, 0.05) is 42.5 Å². The van der Waals surface area contributed by atoms with E-state index in [1.165, 1.54) is 18.2 Å². The lowest BCUT2D eigenvalue weighted by Gasteiger charge is -2.38. The Balaban J connectivity index is 1.76. The SMILES string of the molecule is C[C@@H]1CCCCN1c1cc(N2CCCC[C@H]2C)c([N+](=O)[O-])cc1/C=N\N=C1NC(=O)CS1. The van der Waals surface area contributed by atoms with Crippen LogP contribution in [0.5, 0.6) is 0 Å². The van der Waals surface area contributed by atoms with Crippen molar-refractivity contribution in [3.63, 3.8) is 0 Å². The molecule has 0 bridgehead atoms. The minimum Gasteiger partial charge on any atom is -0.368 e. The summed E-state index contributed by atoms with van der Waals surface area (Å²) in [4.78, 5) is 27.6. The third kappa shape index (κ3) is 4.90. The third-order valence-electron chi connectivity index (χ3n) is 6.48. The zero-order valence-corrected chi connectivity index (χ0v) is 19.4. The number of benzene rings is 1. The van der Waals surface area contributed by atoms with E-state index < -0.39 is 0 Å². The van der Waals surface area contributed by atoms with E-state index in [0.29, 0.717) is 28.2 Å². The van der Waals surface area contributed by atoms with Gasteiger partial charge in [0.2, 0.25) is 5.91 Å². The normalized spacial score (nSPS) is 25.6. The average Bonchev–Trinajstić information content (AvgIpc) is 3.19. The molecule has 3 heterocycles. The molecule has 3 aliphatic heterocycles. The monoisotopic (exact) mass is 458 g/mol. The lowest BCUT2D eigenvalue weighted by molar-refractivity contribution is -0.384. The summed E-state index contributed by atoms with van der Waals surface area (Å²) >= 11 is 1.30. The van der Waals surface area contributed by atoms with E-state index in [1.54, 1.807) is 12.3 Å². The highest BCUT2D eigenvalue weighted by molar-refractivity contribution is 8.15. The van der Waals surface area contributed by atoms with Crippen LogP contribution >= 0.6 is 11.8 Å². The molecule has 9 nitrogen and oxygen atoms in total. The number of anilines is 2. The number of amides is 1. The maximum atomic E-state index is 12.0. The molecule has 10 heteroatoms. The molecular weight excluding hydrogens is 428 g/mol. The van der Waals surface area contributed by atoms with Crippen LogP contribution in [0.1, 0.15) is 57.9 Å². The third-order valence-corrected chi connectivity index (χ3v) is 7.34. The molecule has 3 saturated heterocycles. The highest BCUT2D eigenvalue weighted by Crippen LogP contribution is 2.39. The van der Waals surface area contributed by atoms with Gasteiger partial charge in [0.15, 0.2) is 5.17 Å². The molecule has 1 aromatic rings. The Kier molecular flexibility index (Phi) is 6.98. The molecule has 1 amide bonds. The molecule has 172 valence electrons. The Bertz CT molecular complexity index is 950. The minimum absolute atomic E-state index is 0.0950. The minimum atomic E-state index is -0.295. The molecule has 0 unspecified atom stereocenters. The van der Waals surface area contributed by atoms with Gasteiger partial charge in [-0.25, -0.2) is 0 Å². The number of nitro groups is 1. The van der Waals surface area contributed by atoms with Gasteiger partial charge >= 0.3 is 0 Å². The van der Waals surface area contributed by atoms with Crippen LogP contribution < -0.4 is 15.1 Å². The number of carbonyl (C=O) groups excluding carboxylic acids is 1. The number of piperidine rings is 2. The standard InChI is InChI=1S/C22H30N6O3S/c1-15-7-3-5-9-26(15)18-12-19(27-10-6-4-8-16(27)2)20(28(30)31)11-17(18)13-23-25-22-24-21(29)14-32-22/h11-13,15-16H,3-10,14H2,1-2H3,(H,24,25,29)/b23-13-/t15-,16-/m1/s1. The molecule has 2 atom stereocenters. The van der Waals surface area contributed by atoms with Crippen molar-refractivity contribution in [1.82, 2.24) is 5.32 Å². The number of carbonyl (C=O) groups is 1. The number of amidine groups is 1. The molecule has 0 spiro atoms. The summed E-state index contributed by atoms with van der Waals surface area (Å²) in [6.45, 7) is 6.09. The first kappa shape index (κ1) is 22.6. The summed E-state index contributed by atoms with van der Waals surface area (Å²) < 4.78 is 0. The van der Waals surface area contributed by atoms with E-state index in [4.69, 9.17) is 0 Å². The number of hydrogen-bond acceptors (Lipinski definition) is 8. The van der Waals surface area contributed by atoms with E-state index in [-0.39, 0.29) is 22.6 Å². The fourth-order valence-corrected chi connectivity index (χ4v) is 5.38.